The van der Waals surface area contributed by atoms with Crippen LogP contribution >= 0.6 is 0 Å². The molecular formula is C19H23N3O. The molecule has 1 aromatic carbocycles. The van der Waals surface area contributed by atoms with Crippen molar-refractivity contribution in [1.82, 2.24) is 14.9 Å². The maximum absolute atomic E-state index is 12.6. The highest BCUT2D eigenvalue weighted by atomic mass is 16.2. The zero-order valence-electron chi connectivity index (χ0n) is 13.4. The van der Waals surface area contributed by atoms with Crippen molar-refractivity contribution in [3.63, 3.8) is 0 Å². The van der Waals surface area contributed by atoms with Crippen LogP contribution in [0, 0.1) is 5.92 Å². The number of fused-ring (bicyclic) bond motifs is 1. The molecule has 23 heavy (non-hydrogen) atoms. The summed E-state index contributed by atoms with van der Waals surface area (Å²) in [6.07, 6.45) is 9.35. The molecule has 2 aliphatic rings. The molecule has 1 saturated heterocycles. The summed E-state index contributed by atoms with van der Waals surface area (Å²) in [7, 11) is 0. The number of carbonyl (C=O) groups excluding carboxylic acids is 1. The highest BCUT2D eigenvalue weighted by Crippen LogP contribution is 2.29. The minimum Gasteiger partial charge on any atom is -0.342 e. The normalized spacial score (nSPS) is 22.6. The van der Waals surface area contributed by atoms with Crippen LogP contribution in [0.3, 0.4) is 0 Å². The molecule has 1 fully saturated rings. The number of rotatable bonds is 2. The SMILES string of the molecule is O=C(C1CC=CCC1)N1CCC(c2nc3ccccc3[nH]2)CC1. The first kappa shape index (κ1) is 14.5. The topological polar surface area (TPSA) is 49.0 Å². The fraction of sp³-hybridized carbons (Fsp3) is 0.474. The van der Waals surface area contributed by atoms with Crippen LogP contribution in [0.4, 0.5) is 0 Å². The van der Waals surface area contributed by atoms with E-state index in [1.54, 1.807) is 0 Å². The molecule has 2 heterocycles. The van der Waals surface area contributed by atoms with Gasteiger partial charge in [0.15, 0.2) is 0 Å². The lowest BCUT2D eigenvalue weighted by molar-refractivity contribution is -0.136. The van der Waals surface area contributed by atoms with Crippen LogP contribution in [0.15, 0.2) is 36.4 Å². The Morgan fingerprint density at radius 3 is 2.70 bits per heavy atom. The Labute approximate surface area is 136 Å². The van der Waals surface area contributed by atoms with Crippen molar-refractivity contribution in [3.05, 3.63) is 42.2 Å². The minimum atomic E-state index is 0.211. The number of H-pyrrole nitrogens is 1. The van der Waals surface area contributed by atoms with Crippen molar-refractivity contribution in [3.8, 4) is 0 Å². The third-order valence-electron chi connectivity index (χ3n) is 5.22. The van der Waals surface area contributed by atoms with Crippen LogP contribution in [0.5, 0.6) is 0 Å². The number of aromatic amines is 1. The molecule has 1 aromatic heterocycles. The molecule has 1 unspecified atom stereocenters. The molecule has 1 aliphatic heterocycles. The first-order valence-electron chi connectivity index (χ1n) is 8.69. The van der Waals surface area contributed by atoms with Crippen molar-refractivity contribution in [1.29, 1.82) is 0 Å². The lowest BCUT2D eigenvalue weighted by Gasteiger charge is -2.34. The first-order chi connectivity index (χ1) is 11.3. The number of hydrogen-bond acceptors (Lipinski definition) is 2. The van der Waals surface area contributed by atoms with Crippen LogP contribution in [0.1, 0.15) is 43.8 Å². The van der Waals surface area contributed by atoms with Crippen molar-refractivity contribution in [2.24, 2.45) is 5.92 Å². The maximum Gasteiger partial charge on any atom is 0.226 e. The van der Waals surface area contributed by atoms with Crippen molar-refractivity contribution in [2.75, 3.05) is 13.1 Å². The summed E-state index contributed by atoms with van der Waals surface area (Å²) in [4.78, 5) is 22.9. The van der Waals surface area contributed by atoms with Crippen LogP contribution in [0.25, 0.3) is 11.0 Å². The molecule has 4 heteroatoms. The van der Waals surface area contributed by atoms with Crippen molar-refractivity contribution >= 4 is 16.9 Å². The Balaban J connectivity index is 1.40. The lowest BCUT2D eigenvalue weighted by atomic mass is 9.90. The molecule has 0 saturated carbocycles. The maximum atomic E-state index is 12.6. The van der Waals surface area contributed by atoms with Gasteiger partial charge in [0.2, 0.25) is 5.91 Å². The van der Waals surface area contributed by atoms with Gasteiger partial charge in [0.1, 0.15) is 5.82 Å². The van der Waals surface area contributed by atoms with Crippen LogP contribution in [-0.2, 0) is 4.79 Å². The zero-order valence-corrected chi connectivity index (χ0v) is 13.4. The molecule has 1 atom stereocenters. The van der Waals surface area contributed by atoms with Crippen LogP contribution in [-0.4, -0.2) is 33.9 Å². The third-order valence-corrected chi connectivity index (χ3v) is 5.22. The number of imidazole rings is 1. The molecule has 1 N–H and O–H groups in total. The minimum absolute atomic E-state index is 0.211. The van der Waals surface area contributed by atoms with Crippen molar-refractivity contribution in [2.45, 2.75) is 38.0 Å². The van der Waals surface area contributed by atoms with Gasteiger partial charge in [-0.25, -0.2) is 4.98 Å². The zero-order chi connectivity index (χ0) is 15.6. The Kier molecular flexibility index (Phi) is 3.90. The van der Waals surface area contributed by atoms with E-state index in [2.05, 4.69) is 28.1 Å². The highest BCUT2D eigenvalue weighted by Gasteiger charge is 2.29. The van der Waals surface area contributed by atoms with Crippen LogP contribution in [0.2, 0.25) is 0 Å². The molecule has 2 aromatic rings. The van der Waals surface area contributed by atoms with E-state index in [-0.39, 0.29) is 5.92 Å². The van der Waals surface area contributed by atoms with Gasteiger partial charge in [-0.05, 0) is 44.2 Å². The van der Waals surface area contributed by atoms with Crippen LogP contribution < -0.4 is 0 Å². The predicted octanol–water partition coefficient (Wildman–Crippen LogP) is 3.63. The van der Waals surface area contributed by atoms with Gasteiger partial charge < -0.3 is 9.88 Å². The summed E-state index contributed by atoms with van der Waals surface area (Å²) >= 11 is 0. The van der Waals surface area contributed by atoms with Gasteiger partial charge >= 0.3 is 0 Å². The number of hydrogen-bond donors (Lipinski definition) is 1. The Hall–Kier alpha value is -2.10. The molecular weight excluding hydrogens is 286 g/mol. The molecule has 1 amide bonds. The van der Waals surface area contributed by atoms with Gasteiger partial charge in [-0.15, -0.1) is 0 Å². The standard InChI is InChI=1S/C19H23N3O/c23-19(15-6-2-1-3-7-15)22-12-10-14(11-13-22)18-20-16-8-4-5-9-17(16)21-18/h1-2,4-5,8-9,14-15H,3,6-7,10-13H2,(H,20,21). The van der Waals surface area contributed by atoms with E-state index < -0.39 is 0 Å². The second-order valence-electron chi connectivity index (χ2n) is 6.72. The number of nitrogens with one attached hydrogen (secondary N) is 1. The summed E-state index contributed by atoms with van der Waals surface area (Å²) in [5.41, 5.74) is 2.14. The predicted molar refractivity (Wildman–Crippen MR) is 91.1 cm³/mol. The Morgan fingerprint density at radius 1 is 1.13 bits per heavy atom. The molecule has 0 spiro atoms. The van der Waals surface area contributed by atoms with E-state index in [0.29, 0.717) is 11.8 Å². The summed E-state index contributed by atoms with van der Waals surface area (Å²) < 4.78 is 0. The Morgan fingerprint density at radius 2 is 1.96 bits per heavy atom. The summed E-state index contributed by atoms with van der Waals surface area (Å²) in [5.74, 6) is 2.09. The number of carbonyl (C=O) groups is 1. The lowest BCUT2D eigenvalue weighted by Crippen LogP contribution is -2.41. The molecule has 4 rings (SSSR count). The third kappa shape index (κ3) is 2.90. The van der Waals surface area contributed by atoms with Gasteiger partial charge in [-0.1, -0.05) is 24.3 Å². The molecule has 0 radical (unpaired) electrons. The van der Waals surface area contributed by atoms with E-state index in [1.165, 1.54) is 0 Å². The fourth-order valence-corrected chi connectivity index (χ4v) is 3.82. The number of amides is 1. The smallest absolute Gasteiger partial charge is 0.226 e. The number of benzene rings is 1. The van der Waals surface area contributed by atoms with E-state index in [9.17, 15) is 4.79 Å². The van der Waals surface area contributed by atoms with Gasteiger partial charge in [-0.2, -0.15) is 0 Å². The number of aromatic nitrogens is 2. The van der Waals surface area contributed by atoms with Gasteiger partial charge in [0.25, 0.3) is 0 Å². The van der Waals surface area contributed by atoms with Gasteiger partial charge in [-0.3, -0.25) is 4.79 Å². The van der Waals surface area contributed by atoms with Gasteiger partial charge in [0, 0.05) is 24.9 Å². The molecule has 0 bridgehead atoms. The average Bonchev–Trinajstić information content (AvgIpc) is 3.06. The van der Waals surface area contributed by atoms with E-state index in [1.807, 2.05) is 18.2 Å². The van der Waals surface area contributed by atoms with E-state index in [4.69, 9.17) is 4.98 Å². The molecule has 1 aliphatic carbocycles. The average molecular weight is 309 g/mol. The number of para-hydroxylation sites is 2. The molecule has 4 nitrogen and oxygen atoms in total. The fourth-order valence-electron chi connectivity index (χ4n) is 3.82. The summed E-state index contributed by atoms with van der Waals surface area (Å²) in [6, 6.07) is 8.17. The highest BCUT2D eigenvalue weighted by molar-refractivity contribution is 5.79. The summed E-state index contributed by atoms with van der Waals surface area (Å²) in [6.45, 7) is 1.72. The summed E-state index contributed by atoms with van der Waals surface area (Å²) in [5, 5.41) is 0. The second-order valence-corrected chi connectivity index (χ2v) is 6.72. The number of nitrogens with zero attached hydrogens (tertiary/aromatic N) is 2. The number of piperidine rings is 1. The second kappa shape index (κ2) is 6.19. The van der Waals surface area contributed by atoms with Crippen molar-refractivity contribution < 1.29 is 4.79 Å². The largest absolute Gasteiger partial charge is 0.342 e. The monoisotopic (exact) mass is 309 g/mol. The number of allylic oxidation sites excluding steroid dienone is 2. The van der Waals surface area contributed by atoms with E-state index in [0.717, 1.165) is 62.1 Å². The molecule has 120 valence electrons. The van der Waals surface area contributed by atoms with Gasteiger partial charge in [0.05, 0.1) is 11.0 Å². The first-order valence-corrected chi connectivity index (χ1v) is 8.69. The quantitative estimate of drug-likeness (QED) is 0.861. The Bertz CT molecular complexity index is 692. The number of likely N-dealkylation sites (tertiary alicyclic amines) is 1. The van der Waals surface area contributed by atoms with E-state index >= 15 is 0 Å².